The molecule has 5 nitrogen and oxygen atoms in total. The van der Waals surface area contributed by atoms with Gasteiger partial charge in [-0.25, -0.2) is 13.8 Å². The highest BCUT2D eigenvalue weighted by Crippen LogP contribution is 2.28. The minimum Gasteiger partial charge on any atom is -0.392 e. The van der Waals surface area contributed by atoms with Crippen LogP contribution in [0.5, 0.6) is 0 Å². The molecule has 9 heteroatoms. The Bertz CT molecular complexity index is 744. The minimum absolute atomic E-state index is 0.0736. The van der Waals surface area contributed by atoms with Crippen LogP contribution in [0.1, 0.15) is 5.56 Å². The lowest BCUT2D eigenvalue weighted by molar-refractivity contribution is 0.281. The van der Waals surface area contributed by atoms with Gasteiger partial charge >= 0.3 is 0 Å². The van der Waals surface area contributed by atoms with Crippen LogP contribution in [0.15, 0.2) is 40.0 Å². The van der Waals surface area contributed by atoms with Crippen LogP contribution in [0.25, 0.3) is 0 Å². The molecule has 2 rings (SSSR count). The first-order valence-electron chi connectivity index (χ1n) is 5.56. The van der Waals surface area contributed by atoms with Crippen LogP contribution >= 0.6 is 15.9 Å². The number of pyridine rings is 1. The number of aromatic nitrogens is 1. The lowest BCUT2D eigenvalue weighted by Crippen LogP contribution is -2.16. The number of hydrogen-bond donors (Lipinski definition) is 2. The Morgan fingerprint density at radius 2 is 2.00 bits per heavy atom. The van der Waals surface area contributed by atoms with Gasteiger partial charge in [0.2, 0.25) is 0 Å². The Morgan fingerprint density at radius 3 is 2.52 bits per heavy atom. The summed E-state index contributed by atoms with van der Waals surface area (Å²) in [7, 11) is -4.13. The fourth-order valence-corrected chi connectivity index (χ4v) is 3.15. The smallest absolute Gasteiger partial charge is 0.279 e. The third-order valence-corrected chi connectivity index (χ3v) is 4.39. The molecule has 0 saturated heterocycles. The van der Waals surface area contributed by atoms with Crippen molar-refractivity contribution in [3.63, 3.8) is 0 Å². The second-order valence-electron chi connectivity index (χ2n) is 4.01. The molecule has 1 aromatic heterocycles. The van der Waals surface area contributed by atoms with E-state index in [1.54, 1.807) is 0 Å². The van der Waals surface area contributed by atoms with Crippen molar-refractivity contribution in [1.82, 2.24) is 4.98 Å². The van der Waals surface area contributed by atoms with E-state index >= 15 is 0 Å². The third-order valence-electron chi connectivity index (χ3n) is 2.50. The van der Waals surface area contributed by atoms with Crippen LogP contribution in [0.4, 0.5) is 14.5 Å². The molecule has 0 fully saturated rings. The molecule has 0 aliphatic heterocycles. The summed E-state index contributed by atoms with van der Waals surface area (Å²) in [5, 5.41) is 8.52. The van der Waals surface area contributed by atoms with Gasteiger partial charge in [-0.2, -0.15) is 8.42 Å². The van der Waals surface area contributed by atoms with Gasteiger partial charge < -0.3 is 5.11 Å². The topological polar surface area (TPSA) is 79.3 Å². The Kier molecular flexibility index (Phi) is 4.55. The van der Waals surface area contributed by atoms with Crippen LogP contribution in [0.2, 0.25) is 0 Å². The molecular weight excluding hydrogens is 370 g/mol. The molecule has 0 spiro atoms. The number of sulfonamides is 1. The molecular formula is C12H9BrF2N2O3S. The van der Waals surface area contributed by atoms with Gasteiger partial charge in [0.25, 0.3) is 10.0 Å². The molecule has 0 bridgehead atoms. The van der Waals surface area contributed by atoms with Gasteiger partial charge in [0, 0.05) is 16.7 Å². The van der Waals surface area contributed by atoms with E-state index in [-0.39, 0.29) is 16.1 Å². The number of rotatable bonds is 4. The molecule has 0 radical (unpaired) electrons. The minimum atomic E-state index is -4.13. The van der Waals surface area contributed by atoms with Crippen molar-refractivity contribution in [1.29, 1.82) is 0 Å². The van der Waals surface area contributed by atoms with Crippen LogP contribution < -0.4 is 4.72 Å². The van der Waals surface area contributed by atoms with E-state index in [9.17, 15) is 17.2 Å². The highest BCUT2D eigenvalue weighted by molar-refractivity contribution is 9.10. The van der Waals surface area contributed by atoms with E-state index in [0.717, 1.165) is 6.07 Å². The second-order valence-corrected chi connectivity index (χ2v) is 6.50. The number of aliphatic hydroxyl groups is 1. The maximum absolute atomic E-state index is 13.6. The zero-order valence-electron chi connectivity index (χ0n) is 10.3. The van der Waals surface area contributed by atoms with E-state index in [0.29, 0.717) is 11.6 Å². The van der Waals surface area contributed by atoms with Gasteiger partial charge in [-0.1, -0.05) is 6.07 Å². The summed E-state index contributed by atoms with van der Waals surface area (Å²) >= 11 is 2.89. The normalized spacial score (nSPS) is 11.4. The molecule has 1 heterocycles. The van der Waals surface area contributed by atoms with E-state index in [4.69, 9.17) is 5.11 Å². The molecule has 1 aromatic carbocycles. The molecule has 0 saturated carbocycles. The van der Waals surface area contributed by atoms with Crippen LogP contribution in [0, 0.1) is 11.6 Å². The SMILES string of the molecule is O=S(=O)(Nc1c(F)cc(F)cc1Br)c1ccc(CO)cn1. The van der Waals surface area contributed by atoms with Gasteiger partial charge in [-0.15, -0.1) is 0 Å². The maximum atomic E-state index is 13.6. The van der Waals surface area contributed by atoms with Crippen molar-refractivity contribution in [2.75, 3.05) is 4.72 Å². The first kappa shape index (κ1) is 15.8. The third kappa shape index (κ3) is 3.55. The number of hydrogen-bond acceptors (Lipinski definition) is 4. The molecule has 0 aliphatic rings. The molecule has 0 atom stereocenters. The zero-order valence-corrected chi connectivity index (χ0v) is 12.7. The number of anilines is 1. The molecule has 0 amide bonds. The molecule has 2 N–H and O–H groups in total. The first-order valence-corrected chi connectivity index (χ1v) is 7.84. The number of nitrogens with one attached hydrogen (secondary N) is 1. The average molecular weight is 379 g/mol. The zero-order chi connectivity index (χ0) is 15.6. The maximum Gasteiger partial charge on any atom is 0.279 e. The van der Waals surface area contributed by atoms with E-state index in [2.05, 4.69) is 20.9 Å². The summed E-state index contributed by atoms with van der Waals surface area (Å²) in [5.41, 5.74) is 0.0209. The van der Waals surface area contributed by atoms with Gasteiger partial charge in [0.1, 0.15) is 5.82 Å². The highest BCUT2D eigenvalue weighted by atomic mass is 79.9. The van der Waals surface area contributed by atoms with Gasteiger partial charge in [-0.3, -0.25) is 4.72 Å². The molecule has 21 heavy (non-hydrogen) atoms. The lowest BCUT2D eigenvalue weighted by atomic mass is 10.3. The van der Waals surface area contributed by atoms with Crippen LogP contribution in [0.3, 0.4) is 0 Å². The Labute approximate surface area is 127 Å². The molecule has 0 aliphatic carbocycles. The standard InChI is InChI=1S/C12H9BrF2N2O3S/c13-9-3-8(14)4-10(15)12(9)17-21(19,20)11-2-1-7(6-18)5-16-11/h1-5,17-18H,6H2. The fourth-order valence-electron chi connectivity index (χ4n) is 1.49. The Morgan fingerprint density at radius 1 is 1.29 bits per heavy atom. The summed E-state index contributed by atoms with van der Waals surface area (Å²) < 4.78 is 52.7. The van der Waals surface area contributed by atoms with Crippen molar-refractivity contribution >= 4 is 31.6 Å². The van der Waals surface area contributed by atoms with Crippen LogP contribution in [-0.2, 0) is 16.6 Å². The number of halogens is 3. The van der Waals surface area contributed by atoms with Crippen molar-refractivity contribution in [2.24, 2.45) is 0 Å². The summed E-state index contributed by atoms with van der Waals surface area (Å²) in [6, 6.07) is 4.04. The second kappa shape index (κ2) is 6.04. The monoisotopic (exact) mass is 378 g/mol. The molecule has 2 aromatic rings. The Hall–Kier alpha value is -1.58. The average Bonchev–Trinajstić information content (AvgIpc) is 2.43. The van der Waals surface area contributed by atoms with Crippen molar-refractivity contribution < 1.29 is 22.3 Å². The highest BCUT2D eigenvalue weighted by Gasteiger charge is 2.20. The van der Waals surface area contributed by atoms with Gasteiger partial charge in [0.05, 0.1) is 12.3 Å². The van der Waals surface area contributed by atoms with Crippen molar-refractivity contribution in [3.05, 3.63) is 52.1 Å². The van der Waals surface area contributed by atoms with Gasteiger partial charge in [-0.05, 0) is 33.6 Å². The van der Waals surface area contributed by atoms with Gasteiger partial charge in [0.15, 0.2) is 10.8 Å². The van der Waals surface area contributed by atoms with E-state index in [1.165, 1.54) is 18.3 Å². The molecule has 0 unspecified atom stereocenters. The van der Waals surface area contributed by atoms with E-state index < -0.39 is 27.3 Å². The summed E-state index contributed by atoms with van der Waals surface area (Å²) in [4.78, 5) is 3.67. The predicted molar refractivity (Wildman–Crippen MR) is 75.0 cm³/mol. The summed E-state index contributed by atoms with van der Waals surface area (Å²) in [6.45, 7) is -0.279. The first-order chi connectivity index (χ1) is 9.83. The van der Waals surface area contributed by atoms with Crippen molar-refractivity contribution in [3.8, 4) is 0 Å². The lowest BCUT2D eigenvalue weighted by Gasteiger charge is -2.10. The fraction of sp³-hybridized carbons (Fsp3) is 0.0833. The Balaban J connectivity index is 2.37. The van der Waals surface area contributed by atoms with Crippen LogP contribution in [-0.4, -0.2) is 18.5 Å². The predicted octanol–water partition coefficient (Wildman–Crippen LogP) is 2.42. The summed E-state index contributed by atoms with van der Waals surface area (Å²) in [5.74, 6) is -1.90. The summed E-state index contributed by atoms with van der Waals surface area (Å²) in [6.07, 6.45) is 1.19. The molecule has 112 valence electrons. The quantitative estimate of drug-likeness (QED) is 0.855. The largest absolute Gasteiger partial charge is 0.392 e. The number of benzene rings is 1. The van der Waals surface area contributed by atoms with E-state index in [1.807, 2.05) is 4.72 Å². The number of aliphatic hydroxyl groups excluding tert-OH is 1. The number of nitrogens with zero attached hydrogens (tertiary/aromatic N) is 1. The van der Waals surface area contributed by atoms with Crippen molar-refractivity contribution in [2.45, 2.75) is 11.6 Å².